The zero-order valence-electron chi connectivity index (χ0n) is 26.7. The Balaban J connectivity index is 1.78. The molecule has 0 spiro atoms. The molecule has 234 valence electrons. The summed E-state index contributed by atoms with van der Waals surface area (Å²) in [6, 6.07) is 6.85. The van der Waals surface area contributed by atoms with Gasteiger partial charge < -0.3 is 24.8 Å². The molecule has 1 saturated heterocycles. The molecule has 43 heavy (non-hydrogen) atoms. The van der Waals surface area contributed by atoms with Gasteiger partial charge in [-0.05, 0) is 78.9 Å². The second-order valence-electron chi connectivity index (χ2n) is 13.3. The zero-order chi connectivity index (χ0) is 31.7. The van der Waals surface area contributed by atoms with Crippen LogP contribution in [0.1, 0.15) is 98.2 Å². The van der Waals surface area contributed by atoms with Crippen molar-refractivity contribution < 1.29 is 23.8 Å². The highest BCUT2D eigenvalue weighted by Gasteiger charge is 2.35. The number of anilines is 2. The van der Waals surface area contributed by atoms with Crippen LogP contribution in [0.4, 0.5) is 21.2 Å². The van der Waals surface area contributed by atoms with Crippen LogP contribution in [0.2, 0.25) is 0 Å². The summed E-state index contributed by atoms with van der Waals surface area (Å²) in [4.78, 5) is 39.2. The number of likely N-dealkylation sites (tertiary alicyclic amines) is 1. The minimum Gasteiger partial charge on any atom is -0.458 e. The highest BCUT2D eigenvalue weighted by molar-refractivity contribution is 5.87. The SMILES string of the molecule is CC(C)c1cnn2c(N(C(=O)OC(C)(C)C)[C@@H](C)c3ccccc3N)nc(O[C@@H]3CCCN(C(=O)OC(C)(C)C)C3)nc12. The zero-order valence-corrected chi connectivity index (χ0v) is 26.7. The molecule has 3 heterocycles. The van der Waals surface area contributed by atoms with Crippen molar-refractivity contribution in [2.45, 2.75) is 104 Å². The first-order valence-electron chi connectivity index (χ1n) is 14.8. The molecule has 12 heteroatoms. The van der Waals surface area contributed by atoms with E-state index in [1.165, 1.54) is 9.42 Å². The first kappa shape index (κ1) is 31.8. The second-order valence-corrected chi connectivity index (χ2v) is 13.3. The summed E-state index contributed by atoms with van der Waals surface area (Å²) < 4.78 is 19.3. The molecular formula is C31H45N7O5. The number of nitrogen functional groups attached to an aromatic ring is 1. The van der Waals surface area contributed by atoms with Crippen LogP contribution in [0.5, 0.6) is 6.01 Å². The first-order chi connectivity index (χ1) is 20.0. The van der Waals surface area contributed by atoms with Gasteiger partial charge in [-0.2, -0.15) is 19.6 Å². The van der Waals surface area contributed by atoms with Crippen LogP contribution >= 0.6 is 0 Å². The average Bonchev–Trinajstić information content (AvgIpc) is 3.31. The Bertz CT molecular complexity index is 1460. The van der Waals surface area contributed by atoms with Gasteiger partial charge in [-0.3, -0.25) is 0 Å². The number of amides is 2. The van der Waals surface area contributed by atoms with Crippen molar-refractivity contribution >= 4 is 29.5 Å². The van der Waals surface area contributed by atoms with Crippen LogP contribution in [0.3, 0.4) is 0 Å². The van der Waals surface area contributed by atoms with Crippen LogP contribution < -0.4 is 15.4 Å². The highest BCUT2D eigenvalue weighted by atomic mass is 16.6. The van der Waals surface area contributed by atoms with Crippen molar-refractivity contribution in [3.63, 3.8) is 0 Å². The summed E-state index contributed by atoms with van der Waals surface area (Å²) in [6.45, 7) is 17.8. The van der Waals surface area contributed by atoms with E-state index in [0.717, 1.165) is 17.5 Å². The number of benzene rings is 1. The number of nitrogens with two attached hydrogens (primary N) is 1. The van der Waals surface area contributed by atoms with Gasteiger partial charge in [-0.1, -0.05) is 32.0 Å². The van der Waals surface area contributed by atoms with Gasteiger partial charge in [-0.25, -0.2) is 14.5 Å². The Hall–Kier alpha value is -4.09. The standard InChI is InChI=1S/C31H45N7O5/c1-19(2)23-17-33-38-25(23)34-26(41-21-13-12-16-36(18-21)28(39)42-30(4,5)6)35-27(38)37(29(40)43-31(7,8)9)20(3)22-14-10-11-15-24(22)32/h10-11,14-15,17,19-21H,12-13,16,18,32H2,1-9H3/t20-,21+/m0/s1. The van der Waals surface area contributed by atoms with Gasteiger partial charge in [0.1, 0.15) is 17.3 Å². The van der Waals surface area contributed by atoms with Crippen molar-refractivity contribution in [3.8, 4) is 6.01 Å². The molecule has 1 aromatic carbocycles. The summed E-state index contributed by atoms with van der Waals surface area (Å²) in [5.41, 5.74) is 7.59. The quantitative estimate of drug-likeness (QED) is 0.335. The Kier molecular flexibility index (Phi) is 9.08. The maximum atomic E-state index is 13.9. The number of rotatable bonds is 6. The third-order valence-corrected chi connectivity index (χ3v) is 6.92. The van der Waals surface area contributed by atoms with Gasteiger partial charge >= 0.3 is 18.2 Å². The number of piperidine rings is 1. The van der Waals surface area contributed by atoms with E-state index >= 15 is 0 Å². The lowest BCUT2D eigenvalue weighted by Gasteiger charge is -2.34. The van der Waals surface area contributed by atoms with Gasteiger partial charge in [0.05, 0.1) is 18.8 Å². The molecule has 2 aromatic heterocycles. The summed E-state index contributed by atoms with van der Waals surface area (Å²) >= 11 is 0. The lowest BCUT2D eigenvalue weighted by atomic mass is 10.1. The predicted molar refractivity (Wildman–Crippen MR) is 164 cm³/mol. The summed E-state index contributed by atoms with van der Waals surface area (Å²) in [6.07, 6.45) is 1.77. The van der Waals surface area contributed by atoms with Crippen LogP contribution in [-0.4, -0.2) is 67.1 Å². The van der Waals surface area contributed by atoms with Gasteiger partial charge in [-0.15, -0.1) is 0 Å². The van der Waals surface area contributed by atoms with E-state index in [1.807, 2.05) is 59.7 Å². The molecule has 0 saturated carbocycles. The minimum atomic E-state index is -0.775. The minimum absolute atomic E-state index is 0.0720. The molecule has 1 aliphatic rings. The average molecular weight is 596 g/mol. The molecule has 2 N–H and O–H groups in total. The molecular weight excluding hydrogens is 550 g/mol. The number of aromatic nitrogens is 4. The number of hydrogen-bond donors (Lipinski definition) is 1. The maximum absolute atomic E-state index is 13.9. The molecule has 0 aliphatic carbocycles. The van der Waals surface area contributed by atoms with Crippen LogP contribution in [0.25, 0.3) is 5.65 Å². The Morgan fingerprint density at radius 3 is 2.30 bits per heavy atom. The smallest absolute Gasteiger partial charge is 0.417 e. The van der Waals surface area contributed by atoms with E-state index in [0.29, 0.717) is 30.8 Å². The molecule has 1 fully saturated rings. The molecule has 0 unspecified atom stereocenters. The Morgan fingerprint density at radius 2 is 1.67 bits per heavy atom. The van der Waals surface area contributed by atoms with Gasteiger partial charge in [0.25, 0.3) is 0 Å². The van der Waals surface area contributed by atoms with Crippen molar-refractivity contribution in [2.75, 3.05) is 23.7 Å². The fraction of sp³-hybridized carbons (Fsp3) is 0.581. The maximum Gasteiger partial charge on any atom is 0.417 e. The van der Waals surface area contributed by atoms with Crippen LogP contribution in [-0.2, 0) is 9.47 Å². The lowest BCUT2D eigenvalue weighted by Crippen LogP contribution is -2.46. The second kappa shape index (κ2) is 12.3. The van der Waals surface area contributed by atoms with Crippen LogP contribution in [0.15, 0.2) is 30.5 Å². The number of para-hydroxylation sites is 1. The van der Waals surface area contributed by atoms with E-state index < -0.39 is 23.3 Å². The van der Waals surface area contributed by atoms with Crippen molar-refractivity contribution in [1.82, 2.24) is 24.5 Å². The number of fused-ring (bicyclic) bond motifs is 1. The number of nitrogens with zero attached hydrogens (tertiary/aromatic N) is 6. The van der Waals surface area contributed by atoms with Crippen molar-refractivity contribution in [3.05, 3.63) is 41.6 Å². The highest BCUT2D eigenvalue weighted by Crippen LogP contribution is 2.33. The van der Waals surface area contributed by atoms with Crippen molar-refractivity contribution in [1.29, 1.82) is 0 Å². The van der Waals surface area contributed by atoms with E-state index in [2.05, 4.69) is 5.10 Å². The fourth-order valence-corrected chi connectivity index (χ4v) is 4.91. The Labute approximate surface area is 253 Å². The fourth-order valence-electron chi connectivity index (χ4n) is 4.91. The molecule has 3 aromatic rings. The third kappa shape index (κ3) is 7.66. The molecule has 0 radical (unpaired) electrons. The molecule has 2 atom stereocenters. The number of carbonyl (C=O) groups is 2. The van der Waals surface area contributed by atoms with E-state index in [1.54, 1.807) is 37.9 Å². The third-order valence-electron chi connectivity index (χ3n) is 6.92. The Morgan fingerprint density at radius 1 is 1.00 bits per heavy atom. The molecule has 12 nitrogen and oxygen atoms in total. The largest absolute Gasteiger partial charge is 0.458 e. The number of ether oxygens (including phenoxy) is 3. The summed E-state index contributed by atoms with van der Waals surface area (Å²) in [5.74, 6) is 0.263. The molecule has 2 amide bonds. The number of hydrogen-bond acceptors (Lipinski definition) is 9. The van der Waals surface area contributed by atoms with Crippen molar-refractivity contribution in [2.24, 2.45) is 0 Å². The first-order valence-corrected chi connectivity index (χ1v) is 14.8. The van der Waals surface area contributed by atoms with Gasteiger partial charge in [0.15, 0.2) is 5.65 Å². The number of carbonyl (C=O) groups excluding carboxylic acids is 2. The van der Waals surface area contributed by atoms with Gasteiger partial charge in [0.2, 0.25) is 5.95 Å². The molecule has 4 rings (SSSR count). The van der Waals surface area contributed by atoms with E-state index in [-0.39, 0.29) is 30.1 Å². The molecule has 1 aliphatic heterocycles. The monoisotopic (exact) mass is 595 g/mol. The van der Waals surface area contributed by atoms with Gasteiger partial charge in [0, 0.05) is 17.8 Å². The predicted octanol–water partition coefficient (Wildman–Crippen LogP) is 6.11. The topological polar surface area (TPSA) is 137 Å². The normalized spacial score (nSPS) is 16.7. The van der Waals surface area contributed by atoms with E-state index in [9.17, 15) is 9.59 Å². The lowest BCUT2D eigenvalue weighted by molar-refractivity contribution is 0.00656. The van der Waals surface area contributed by atoms with Crippen LogP contribution in [0, 0.1) is 0 Å². The molecule has 0 bridgehead atoms. The summed E-state index contributed by atoms with van der Waals surface area (Å²) in [7, 11) is 0. The van der Waals surface area contributed by atoms with E-state index in [4.69, 9.17) is 29.9 Å². The summed E-state index contributed by atoms with van der Waals surface area (Å²) in [5, 5.41) is 4.58.